The summed E-state index contributed by atoms with van der Waals surface area (Å²) in [5.74, 6) is 2.64. The summed E-state index contributed by atoms with van der Waals surface area (Å²) >= 11 is 0. The van der Waals surface area contributed by atoms with E-state index in [0.29, 0.717) is 0 Å². The van der Waals surface area contributed by atoms with Gasteiger partial charge in [-0.25, -0.2) is 0 Å². The second-order valence-electron chi connectivity index (χ2n) is 2.34. The van der Waals surface area contributed by atoms with E-state index in [4.69, 9.17) is 6.42 Å². The average Bonchev–Trinajstić information content (AvgIpc) is 1.88. The Morgan fingerprint density at radius 3 is 2.10 bits per heavy atom. The highest BCUT2D eigenvalue weighted by Gasteiger charge is 1.95. The monoisotopic (exact) mass is 129 g/mol. The minimum absolute atomic E-state index is 0.999. The maximum atomic E-state index is 5.29. The normalized spacial score (nSPS) is 8.90. The van der Waals surface area contributed by atoms with Gasteiger partial charge < -0.3 is 0 Å². The zero-order valence-electron chi connectivity index (χ0n) is 6.23. The van der Waals surface area contributed by atoms with E-state index in [-0.39, 0.29) is 0 Å². The molecule has 1 aromatic carbocycles. The zero-order chi connectivity index (χ0) is 7.56. The number of aryl methyl sites for hydroxylation is 2. The number of hydrogen-bond acceptors (Lipinski definition) is 0. The highest BCUT2D eigenvalue weighted by molar-refractivity contribution is 5.44. The lowest BCUT2D eigenvalue weighted by Gasteiger charge is -1.99. The van der Waals surface area contributed by atoms with Crippen molar-refractivity contribution in [1.82, 2.24) is 0 Å². The van der Waals surface area contributed by atoms with Crippen LogP contribution in [-0.4, -0.2) is 0 Å². The van der Waals surface area contributed by atoms with Crippen LogP contribution in [0.15, 0.2) is 12.1 Å². The Morgan fingerprint density at radius 1 is 1.30 bits per heavy atom. The molecule has 0 amide bonds. The van der Waals surface area contributed by atoms with E-state index < -0.39 is 0 Å². The summed E-state index contributed by atoms with van der Waals surface area (Å²) in [4.78, 5) is 0. The van der Waals surface area contributed by atoms with Crippen molar-refractivity contribution >= 4 is 0 Å². The summed E-state index contributed by atoms with van der Waals surface area (Å²) in [6, 6.07) is 6.82. The van der Waals surface area contributed by atoms with Crippen LogP contribution in [0.4, 0.5) is 0 Å². The van der Waals surface area contributed by atoms with Crippen LogP contribution in [-0.2, 0) is 0 Å². The third-order valence-corrected chi connectivity index (χ3v) is 1.53. The average molecular weight is 129 g/mol. The third-order valence-electron chi connectivity index (χ3n) is 1.53. The van der Waals surface area contributed by atoms with E-state index in [0.717, 1.165) is 16.7 Å². The second-order valence-corrected chi connectivity index (χ2v) is 2.34. The largest absolute Gasteiger partial charge is 0.115 e. The van der Waals surface area contributed by atoms with Gasteiger partial charge in [0.1, 0.15) is 0 Å². The zero-order valence-corrected chi connectivity index (χ0v) is 6.23. The topological polar surface area (TPSA) is 0 Å². The molecule has 49 valence electrons. The first-order valence-electron chi connectivity index (χ1n) is 3.19. The maximum absolute atomic E-state index is 5.29. The van der Waals surface area contributed by atoms with Crippen molar-refractivity contribution in [2.45, 2.75) is 13.8 Å². The first kappa shape index (κ1) is 6.89. The van der Waals surface area contributed by atoms with Crippen LogP contribution in [0, 0.1) is 32.3 Å². The van der Waals surface area contributed by atoms with E-state index in [1.807, 2.05) is 26.0 Å². The molecule has 0 nitrogen and oxygen atoms in total. The van der Waals surface area contributed by atoms with Crippen LogP contribution in [0.3, 0.4) is 0 Å². The van der Waals surface area contributed by atoms with Crippen molar-refractivity contribution in [3.63, 3.8) is 0 Å². The summed E-state index contributed by atoms with van der Waals surface area (Å²) < 4.78 is 0. The fraction of sp³-hybridized carbons (Fsp3) is 0.200. The summed E-state index contributed by atoms with van der Waals surface area (Å²) in [6.07, 6.45) is 5.29. The Kier molecular flexibility index (Phi) is 1.78. The van der Waals surface area contributed by atoms with Gasteiger partial charge in [-0.3, -0.25) is 0 Å². The van der Waals surface area contributed by atoms with Gasteiger partial charge in [0.15, 0.2) is 0 Å². The first-order chi connectivity index (χ1) is 4.75. The van der Waals surface area contributed by atoms with Gasteiger partial charge in [0, 0.05) is 5.56 Å². The highest BCUT2D eigenvalue weighted by Crippen LogP contribution is 2.09. The Bertz CT molecular complexity index is 256. The molecule has 0 atom stereocenters. The molecule has 10 heavy (non-hydrogen) atoms. The van der Waals surface area contributed by atoms with Crippen molar-refractivity contribution in [1.29, 1.82) is 0 Å². The Balaban J connectivity index is 3.34. The van der Waals surface area contributed by atoms with Gasteiger partial charge in [0.25, 0.3) is 0 Å². The van der Waals surface area contributed by atoms with Crippen molar-refractivity contribution in [3.05, 3.63) is 34.9 Å². The number of hydrogen-bond donors (Lipinski definition) is 0. The Labute approximate surface area is 61.9 Å². The van der Waals surface area contributed by atoms with Crippen LogP contribution in [0.2, 0.25) is 0 Å². The lowest BCUT2D eigenvalue weighted by Crippen LogP contribution is -1.85. The van der Waals surface area contributed by atoms with Crippen LogP contribution in [0.1, 0.15) is 16.7 Å². The number of terminal acetylenes is 1. The predicted octanol–water partition coefficient (Wildman–Crippen LogP) is 2.08. The first-order valence-corrected chi connectivity index (χ1v) is 3.19. The van der Waals surface area contributed by atoms with E-state index in [1.54, 1.807) is 0 Å². The predicted molar refractivity (Wildman–Crippen MR) is 42.7 cm³/mol. The van der Waals surface area contributed by atoms with Crippen LogP contribution >= 0.6 is 0 Å². The minimum atomic E-state index is 0.999. The highest BCUT2D eigenvalue weighted by atomic mass is 14.0. The molecule has 1 rings (SSSR count). The van der Waals surface area contributed by atoms with Gasteiger partial charge in [-0.1, -0.05) is 18.1 Å². The summed E-state index contributed by atoms with van der Waals surface area (Å²) in [5.41, 5.74) is 3.25. The van der Waals surface area contributed by atoms with Gasteiger partial charge in [-0.2, -0.15) is 0 Å². The fourth-order valence-electron chi connectivity index (χ4n) is 0.975. The number of rotatable bonds is 0. The molecule has 0 saturated heterocycles. The number of benzene rings is 1. The van der Waals surface area contributed by atoms with Crippen LogP contribution in [0.25, 0.3) is 0 Å². The van der Waals surface area contributed by atoms with Gasteiger partial charge in [-0.15, -0.1) is 6.42 Å². The summed E-state index contributed by atoms with van der Waals surface area (Å²) in [5, 5.41) is 0. The van der Waals surface area contributed by atoms with Gasteiger partial charge in [0.2, 0.25) is 0 Å². The molecule has 0 aliphatic carbocycles. The fourth-order valence-corrected chi connectivity index (χ4v) is 0.975. The standard InChI is InChI=1S/C10H9/c1-4-10-8(2)6-5-7-9(10)3/h1,6-7H,2-3H3. The summed E-state index contributed by atoms with van der Waals surface area (Å²) in [6.45, 7) is 4.00. The third kappa shape index (κ3) is 1.04. The van der Waals surface area contributed by atoms with Gasteiger partial charge in [0.05, 0.1) is 0 Å². The molecule has 0 fully saturated rings. The summed E-state index contributed by atoms with van der Waals surface area (Å²) in [7, 11) is 0. The smallest absolute Gasteiger partial charge is 0.0301 e. The van der Waals surface area contributed by atoms with Crippen molar-refractivity contribution in [3.8, 4) is 12.3 Å². The molecule has 0 heteroatoms. The molecular formula is C10H9. The molecular weight excluding hydrogens is 120 g/mol. The quantitative estimate of drug-likeness (QED) is 0.470. The molecule has 0 aliphatic heterocycles. The molecule has 0 heterocycles. The Hall–Kier alpha value is -1.22. The van der Waals surface area contributed by atoms with E-state index >= 15 is 0 Å². The molecule has 0 unspecified atom stereocenters. The molecule has 0 spiro atoms. The van der Waals surface area contributed by atoms with E-state index in [9.17, 15) is 0 Å². The van der Waals surface area contributed by atoms with Gasteiger partial charge >= 0.3 is 0 Å². The molecule has 0 bridgehead atoms. The van der Waals surface area contributed by atoms with E-state index in [1.165, 1.54) is 0 Å². The molecule has 0 N–H and O–H groups in total. The lowest BCUT2D eigenvalue weighted by molar-refractivity contribution is 1.35. The maximum Gasteiger partial charge on any atom is 0.0301 e. The Morgan fingerprint density at radius 2 is 1.80 bits per heavy atom. The van der Waals surface area contributed by atoms with E-state index in [2.05, 4.69) is 12.0 Å². The molecule has 1 aromatic rings. The second kappa shape index (κ2) is 2.58. The molecule has 0 aromatic heterocycles. The molecule has 0 saturated carbocycles. The SMILES string of the molecule is C#Cc1c(C)c[c]cc1C. The van der Waals surface area contributed by atoms with Gasteiger partial charge in [-0.05, 0) is 31.0 Å². The molecule has 1 radical (unpaired) electrons. The minimum Gasteiger partial charge on any atom is -0.115 e. The van der Waals surface area contributed by atoms with Crippen molar-refractivity contribution < 1.29 is 0 Å². The van der Waals surface area contributed by atoms with Crippen molar-refractivity contribution in [2.75, 3.05) is 0 Å². The molecule has 0 aliphatic rings. The van der Waals surface area contributed by atoms with Crippen LogP contribution in [0.5, 0.6) is 0 Å². The lowest BCUT2D eigenvalue weighted by atomic mass is 10.0. The van der Waals surface area contributed by atoms with Crippen LogP contribution < -0.4 is 0 Å². The van der Waals surface area contributed by atoms with Crippen molar-refractivity contribution in [2.24, 2.45) is 0 Å².